The third kappa shape index (κ3) is 5.74. The molecule has 1 aromatic heterocycles. The van der Waals surface area contributed by atoms with E-state index < -0.39 is 27.9 Å². The Balaban J connectivity index is 1.82. The molecule has 190 valence electrons. The highest BCUT2D eigenvalue weighted by atomic mass is 32.2. The van der Waals surface area contributed by atoms with Gasteiger partial charge in [-0.1, -0.05) is 18.2 Å². The highest BCUT2D eigenvalue weighted by Gasteiger charge is 2.25. The molecule has 11 heteroatoms. The van der Waals surface area contributed by atoms with E-state index in [1.54, 1.807) is 58.0 Å². The van der Waals surface area contributed by atoms with Gasteiger partial charge in [-0.2, -0.15) is 0 Å². The van der Waals surface area contributed by atoms with Crippen LogP contribution in [0.4, 0.5) is 15.5 Å². The van der Waals surface area contributed by atoms with E-state index in [1.165, 1.54) is 39.9 Å². The molecule has 3 aromatic rings. The number of ether oxygens (including phenoxy) is 1. The van der Waals surface area contributed by atoms with E-state index >= 15 is 0 Å². The van der Waals surface area contributed by atoms with Crippen molar-refractivity contribution in [2.24, 2.45) is 0 Å². The summed E-state index contributed by atoms with van der Waals surface area (Å²) in [6.07, 6.45) is -0.878. The predicted molar refractivity (Wildman–Crippen MR) is 139 cm³/mol. The number of alkyl carbamates (subject to hydrolysis) is 1. The second-order valence-electron chi connectivity index (χ2n) is 7.65. The van der Waals surface area contributed by atoms with E-state index in [9.17, 15) is 22.8 Å². The molecule has 1 heterocycles. The first kappa shape index (κ1) is 26.9. The van der Waals surface area contributed by atoms with Gasteiger partial charge in [0.15, 0.2) is 0 Å². The Kier molecular flexibility index (Phi) is 8.49. The summed E-state index contributed by atoms with van der Waals surface area (Å²) in [5, 5.41) is 5.11. The SMILES string of the molecule is CCOC(=O)NC(=O)c1c(NC(=O)c2ccc(S(=O)(=O)N(CC)c3ccccc3)cc2)sc(C)c1C. The first-order valence-corrected chi connectivity index (χ1v) is 13.4. The molecule has 9 nitrogen and oxygen atoms in total. The zero-order chi connectivity index (χ0) is 26.5. The lowest BCUT2D eigenvalue weighted by molar-refractivity contribution is 0.0925. The average Bonchev–Trinajstić information content (AvgIpc) is 3.12. The minimum atomic E-state index is -3.84. The van der Waals surface area contributed by atoms with Crippen molar-refractivity contribution >= 4 is 50.0 Å². The molecule has 0 bridgehead atoms. The molecular weight excluding hydrogens is 502 g/mol. The standard InChI is InChI=1S/C25H27N3O6S2/c1-5-28(19-10-8-7-9-11-19)36(32,33)20-14-12-18(13-15-20)22(29)26-24-21(16(3)17(4)35-24)23(30)27-25(31)34-6-2/h7-15H,5-6H2,1-4H3,(H,26,29)(H,27,30,31). The van der Waals surface area contributed by atoms with Crippen molar-refractivity contribution in [2.45, 2.75) is 32.6 Å². The number of carbonyl (C=O) groups excluding carboxylic acids is 3. The smallest absolute Gasteiger partial charge is 0.414 e. The summed E-state index contributed by atoms with van der Waals surface area (Å²) in [6.45, 7) is 7.22. The Hall–Kier alpha value is -3.70. The summed E-state index contributed by atoms with van der Waals surface area (Å²) in [5.41, 5.74) is 1.54. The average molecular weight is 530 g/mol. The largest absolute Gasteiger partial charge is 0.450 e. The lowest BCUT2D eigenvalue weighted by Crippen LogP contribution is -2.32. The Morgan fingerprint density at radius 3 is 2.17 bits per heavy atom. The van der Waals surface area contributed by atoms with Crippen molar-refractivity contribution in [1.82, 2.24) is 5.32 Å². The number of nitrogens with one attached hydrogen (secondary N) is 2. The maximum absolute atomic E-state index is 13.2. The van der Waals surface area contributed by atoms with Gasteiger partial charge in [-0.05, 0) is 69.7 Å². The van der Waals surface area contributed by atoms with Gasteiger partial charge in [-0.25, -0.2) is 13.2 Å². The number of hydrogen-bond acceptors (Lipinski definition) is 7. The number of anilines is 2. The molecule has 3 rings (SSSR count). The Bertz CT molecular complexity index is 1370. The highest BCUT2D eigenvalue weighted by molar-refractivity contribution is 7.92. The van der Waals surface area contributed by atoms with Crippen molar-refractivity contribution in [1.29, 1.82) is 0 Å². The number of rotatable bonds is 8. The van der Waals surface area contributed by atoms with Crippen LogP contribution in [0.25, 0.3) is 0 Å². The van der Waals surface area contributed by atoms with Crippen LogP contribution >= 0.6 is 11.3 Å². The Morgan fingerprint density at radius 1 is 0.944 bits per heavy atom. The lowest BCUT2D eigenvalue weighted by atomic mass is 10.1. The van der Waals surface area contributed by atoms with E-state index in [1.807, 2.05) is 0 Å². The van der Waals surface area contributed by atoms with Gasteiger partial charge < -0.3 is 10.1 Å². The molecule has 0 spiro atoms. The van der Waals surface area contributed by atoms with Gasteiger partial charge in [0.1, 0.15) is 5.00 Å². The molecule has 0 saturated heterocycles. The van der Waals surface area contributed by atoms with Gasteiger partial charge in [0.05, 0.1) is 22.8 Å². The third-order valence-electron chi connectivity index (χ3n) is 5.37. The molecular formula is C25H27N3O6S2. The molecule has 0 aliphatic carbocycles. The molecule has 0 saturated carbocycles. The first-order valence-electron chi connectivity index (χ1n) is 11.2. The molecule has 0 atom stereocenters. The topological polar surface area (TPSA) is 122 Å². The fraction of sp³-hybridized carbons (Fsp3) is 0.240. The molecule has 2 N–H and O–H groups in total. The van der Waals surface area contributed by atoms with E-state index in [2.05, 4.69) is 10.6 Å². The summed E-state index contributed by atoms with van der Waals surface area (Å²) in [4.78, 5) is 38.1. The van der Waals surface area contributed by atoms with Crippen molar-refractivity contribution in [3.8, 4) is 0 Å². The second kappa shape index (κ2) is 11.4. The number of thiophene rings is 1. The van der Waals surface area contributed by atoms with Crippen LogP contribution in [0.5, 0.6) is 0 Å². The number of imide groups is 1. The van der Waals surface area contributed by atoms with Gasteiger partial charge in [0.25, 0.3) is 21.8 Å². The van der Waals surface area contributed by atoms with Crippen LogP contribution in [-0.4, -0.2) is 39.5 Å². The van der Waals surface area contributed by atoms with Crippen molar-refractivity contribution in [3.05, 3.63) is 76.2 Å². The maximum atomic E-state index is 13.2. The normalized spacial score (nSPS) is 11.0. The van der Waals surface area contributed by atoms with Crippen molar-refractivity contribution in [2.75, 3.05) is 22.8 Å². The number of hydrogen-bond donors (Lipinski definition) is 2. The summed E-state index contributed by atoms with van der Waals surface area (Å²) in [5.74, 6) is -1.21. The molecule has 0 unspecified atom stereocenters. The van der Waals surface area contributed by atoms with Crippen LogP contribution in [0, 0.1) is 13.8 Å². The number of aryl methyl sites for hydroxylation is 1. The van der Waals surface area contributed by atoms with Gasteiger partial charge in [-0.3, -0.25) is 19.2 Å². The summed E-state index contributed by atoms with van der Waals surface area (Å²) in [7, 11) is -3.84. The van der Waals surface area contributed by atoms with Crippen LogP contribution in [-0.2, 0) is 14.8 Å². The quantitative estimate of drug-likeness (QED) is 0.436. The number of sulfonamides is 1. The molecule has 0 aliphatic heterocycles. The minimum Gasteiger partial charge on any atom is -0.450 e. The zero-order valence-corrected chi connectivity index (χ0v) is 22.0. The second-order valence-corrected chi connectivity index (χ2v) is 10.7. The zero-order valence-electron chi connectivity index (χ0n) is 20.3. The fourth-order valence-corrected chi connectivity index (χ4v) is 6.00. The minimum absolute atomic E-state index is 0.0436. The molecule has 0 radical (unpaired) electrons. The molecule has 36 heavy (non-hydrogen) atoms. The maximum Gasteiger partial charge on any atom is 0.414 e. The van der Waals surface area contributed by atoms with Gasteiger partial charge in [-0.15, -0.1) is 11.3 Å². The van der Waals surface area contributed by atoms with Gasteiger partial charge >= 0.3 is 6.09 Å². The third-order valence-corrected chi connectivity index (χ3v) is 8.41. The number of nitrogens with zero attached hydrogens (tertiary/aromatic N) is 1. The lowest BCUT2D eigenvalue weighted by Gasteiger charge is -2.23. The molecule has 0 aliphatic rings. The Morgan fingerprint density at radius 2 is 1.58 bits per heavy atom. The van der Waals surface area contributed by atoms with Crippen LogP contribution in [0.15, 0.2) is 59.5 Å². The van der Waals surface area contributed by atoms with Crippen LogP contribution in [0.1, 0.15) is 45.0 Å². The van der Waals surface area contributed by atoms with Crippen molar-refractivity contribution in [3.63, 3.8) is 0 Å². The van der Waals surface area contributed by atoms with Crippen LogP contribution in [0.2, 0.25) is 0 Å². The summed E-state index contributed by atoms with van der Waals surface area (Å²) < 4.78 is 32.4. The van der Waals surface area contributed by atoms with Crippen LogP contribution in [0.3, 0.4) is 0 Å². The van der Waals surface area contributed by atoms with E-state index in [-0.39, 0.29) is 34.2 Å². The van der Waals surface area contributed by atoms with Crippen LogP contribution < -0.4 is 14.9 Å². The van der Waals surface area contributed by atoms with E-state index in [0.717, 1.165) is 4.88 Å². The van der Waals surface area contributed by atoms with Crippen molar-refractivity contribution < 1.29 is 27.5 Å². The molecule has 3 amide bonds. The fourth-order valence-electron chi connectivity index (χ4n) is 3.48. The molecule has 2 aromatic carbocycles. The molecule has 0 fully saturated rings. The number of carbonyl (C=O) groups is 3. The summed E-state index contributed by atoms with van der Waals surface area (Å²) >= 11 is 1.20. The van der Waals surface area contributed by atoms with Gasteiger partial charge in [0.2, 0.25) is 0 Å². The number of benzene rings is 2. The first-order chi connectivity index (χ1) is 17.1. The van der Waals surface area contributed by atoms with Gasteiger partial charge in [0, 0.05) is 17.0 Å². The summed E-state index contributed by atoms with van der Waals surface area (Å²) in [6, 6.07) is 14.3. The Labute approximate surface area is 214 Å². The predicted octanol–water partition coefficient (Wildman–Crippen LogP) is 4.72. The number of para-hydroxylation sites is 1. The highest BCUT2D eigenvalue weighted by Crippen LogP contribution is 2.33. The number of amides is 3. The monoisotopic (exact) mass is 529 g/mol. The van der Waals surface area contributed by atoms with E-state index in [4.69, 9.17) is 4.74 Å². The van der Waals surface area contributed by atoms with E-state index in [0.29, 0.717) is 11.3 Å².